The summed E-state index contributed by atoms with van der Waals surface area (Å²) in [5, 5.41) is 6.48. The molecule has 0 unspecified atom stereocenters. The second-order valence-corrected chi connectivity index (χ2v) is 10.3. The Morgan fingerprint density at radius 2 is 1.76 bits per heavy atom. The van der Waals surface area contributed by atoms with E-state index in [-0.39, 0.29) is 12.5 Å². The number of amides is 1. The smallest absolute Gasteiger partial charge is 0.280 e. The van der Waals surface area contributed by atoms with Gasteiger partial charge >= 0.3 is 0 Å². The molecule has 0 aliphatic carbocycles. The molecule has 1 aliphatic rings. The number of methoxy groups -OCH3 is 1. The number of hydrogen-bond donors (Lipinski definition) is 0. The maximum atomic E-state index is 13.2. The predicted molar refractivity (Wildman–Crippen MR) is 147 cm³/mol. The Kier molecular flexibility index (Phi) is 7.82. The van der Waals surface area contributed by atoms with E-state index in [1.54, 1.807) is 13.2 Å². The first-order chi connectivity index (χ1) is 16.3. The minimum absolute atomic E-state index is 0.208. The van der Waals surface area contributed by atoms with E-state index in [9.17, 15) is 4.79 Å². The molecule has 0 N–H and O–H groups in total. The van der Waals surface area contributed by atoms with Crippen LogP contribution >= 0.6 is 59.4 Å². The standard InChI is InChI=1S/C25H18Br3ClN2O3/c1-14-19(25(32)31(30-14)18-9-7-17(26)8-10-18)11-16-12-21(33-2)24(23(28)22(16)27)34-13-15-5-3-4-6-20(15)29/h3-12H,13H2,1-2H3/b19-11-. The Balaban J connectivity index is 1.65. The zero-order valence-corrected chi connectivity index (χ0v) is 23.6. The number of rotatable bonds is 6. The summed E-state index contributed by atoms with van der Waals surface area (Å²) in [5.74, 6) is 0.829. The number of nitrogens with zero attached hydrogens (tertiary/aromatic N) is 2. The monoisotopic (exact) mass is 666 g/mol. The Hall–Kier alpha value is -2.13. The van der Waals surface area contributed by atoms with E-state index in [0.717, 1.165) is 20.1 Å². The zero-order valence-electron chi connectivity index (χ0n) is 18.1. The third-order valence-corrected chi connectivity index (χ3v) is 8.18. The number of carbonyl (C=O) groups excluding carboxylic acids is 1. The largest absolute Gasteiger partial charge is 0.493 e. The van der Waals surface area contributed by atoms with Crippen molar-refractivity contribution in [3.63, 3.8) is 0 Å². The number of benzene rings is 3. The first kappa shape index (κ1) is 25.0. The molecule has 0 radical (unpaired) electrons. The van der Waals surface area contributed by atoms with E-state index in [4.69, 9.17) is 21.1 Å². The lowest BCUT2D eigenvalue weighted by Crippen LogP contribution is -2.21. The number of carbonyl (C=O) groups is 1. The average molecular weight is 670 g/mol. The highest BCUT2D eigenvalue weighted by molar-refractivity contribution is 9.13. The van der Waals surface area contributed by atoms with Crippen LogP contribution in [0.2, 0.25) is 5.02 Å². The second-order valence-electron chi connectivity index (χ2n) is 7.34. The van der Waals surface area contributed by atoms with Gasteiger partial charge in [-0.25, -0.2) is 0 Å². The molecular formula is C25H18Br3ClN2O3. The molecular weight excluding hydrogens is 651 g/mol. The van der Waals surface area contributed by atoms with Gasteiger partial charge in [0.05, 0.1) is 28.6 Å². The molecule has 3 aromatic carbocycles. The molecule has 4 rings (SSSR count). The van der Waals surface area contributed by atoms with Crippen molar-refractivity contribution in [2.24, 2.45) is 5.10 Å². The van der Waals surface area contributed by atoms with Crippen LogP contribution in [0.3, 0.4) is 0 Å². The van der Waals surface area contributed by atoms with Crippen molar-refractivity contribution >= 4 is 82.8 Å². The molecule has 0 saturated carbocycles. The summed E-state index contributed by atoms with van der Waals surface area (Å²) in [6.07, 6.45) is 1.79. The number of hydrazone groups is 1. The van der Waals surface area contributed by atoms with Crippen LogP contribution in [0.15, 0.2) is 78.7 Å². The minimum Gasteiger partial charge on any atom is -0.493 e. The maximum Gasteiger partial charge on any atom is 0.280 e. The van der Waals surface area contributed by atoms with Gasteiger partial charge in [0.2, 0.25) is 0 Å². The van der Waals surface area contributed by atoms with E-state index >= 15 is 0 Å². The first-order valence-corrected chi connectivity index (χ1v) is 12.8. The highest BCUT2D eigenvalue weighted by Gasteiger charge is 2.29. The third kappa shape index (κ3) is 5.10. The van der Waals surface area contributed by atoms with Crippen molar-refractivity contribution in [1.82, 2.24) is 0 Å². The van der Waals surface area contributed by atoms with E-state index in [1.165, 1.54) is 5.01 Å². The summed E-state index contributed by atoms with van der Waals surface area (Å²) >= 11 is 16.9. The molecule has 1 heterocycles. The van der Waals surface area contributed by atoms with Crippen LogP contribution in [0, 0.1) is 0 Å². The number of halogens is 4. The Morgan fingerprint density at radius 3 is 2.44 bits per heavy atom. The van der Waals surface area contributed by atoms with Crippen molar-refractivity contribution in [1.29, 1.82) is 0 Å². The van der Waals surface area contributed by atoms with Crippen molar-refractivity contribution < 1.29 is 14.3 Å². The number of ether oxygens (including phenoxy) is 2. The predicted octanol–water partition coefficient (Wildman–Crippen LogP) is 8.02. The van der Waals surface area contributed by atoms with E-state index in [0.29, 0.717) is 38.0 Å². The fourth-order valence-corrected chi connectivity index (χ4v) is 4.76. The molecule has 0 bridgehead atoms. The second kappa shape index (κ2) is 10.6. The molecule has 34 heavy (non-hydrogen) atoms. The molecule has 1 amide bonds. The summed E-state index contributed by atoms with van der Waals surface area (Å²) in [6, 6.07) is 16.7. The van der Waals surface area contributed by atoms with Gasteiger partial charge in [-0.2, -0.15) is 10.1 Å². The van der Waals surface area contributed by atoms with Gasteiger partial charge < -0.3 is 9.47 Å². The lowest BCUT2D eigenvalue weighted by molar-refractivity contribution is -0.114. The summed E-state index contributed by atoms with van der Waals surface area (Å²) in [7, 11) is 1.57. The van der Waals surface area contributed by atoms with Gasteiger partial charge in [-0.3, -0.25) is 4.79 Å². The van der Waals surface area contributed by atoms with Crippen LogP contribution < -0.4 is 14.5 Å². The summed E-state index contributed by atoms with van der Waals surface area (Å²) < 4.78 is 14.0. The minimum atomic E-state index is -0.208. The molecule has 9 heteroatoms. The molecule has 1 aliphatic heterocycles. The molecule has 0 atom stereocenters. The first-order valence-electron chi connectivity index (χ1n) is 10.1. The van der Waals surface area contributed by atoms with Gasteiger partial charge in [-0.1, -0.05) is 45.7 Å². The van der Waals surface area contributed by atoms with E-state index < -0.39 is 0 Å². The molecule has 174 valence electrons. The normalized spacial score (nSPS) is 14.5. The molecule has 0 aromatic heterocycles. The van der Waals surface area contributed by atoms with Gasteiger partial charge in [0.1, 0.15) is 6.61 Å². The zero-order chi connectivity index (χ0) is 24.4. The topological polar surface area (TPSA) is 51.1 Å². The highest BCUT2D eigenvalue weighted by atomic mass is 79.9. The lowest BCUT2D eigenvalue weighted by Gasteiger charge is -2.16. The van der Waals surface area contributed by atoms with Crippen molar-refractivity contribution in [3.8, 4) is 11.5 Å². The van der Waals surface area contributed by atoms with Crippen LogP contribution in [0.5, 0.6) is 11.5 Å². The molecule has 0 saturated heterocycles. The van der Waals surface area contributed by atoms with Gasteiger partial charge in [0, 0.05) is 19.5 Å². The quantitative estimate of drug-likeness (QED) is 0.250. The van der Waals surface area contributed by atoms with Crippen molar-refractivity contribution in [3.05, 3.63) is 89.7 Å². The van der Waals surface area contributed by atoms with Gasteiger partial charge in [-0.15, -0.1) is 0 Å². The van der Waals surface area contributed by atoms with E-state index in [1.807, 2.05) is 61.5 Å². The summed E-state index contributed by atoms with van der Waals surface area (Å²) in [4.78, 5) is 13.2. The summed E-state index contributed by atoms with van der Waals surface area (Å²) in [6.45, 7) is 2.08. The Labute approximate surface area is 227 Å². The lowest BCUT2D eigenvalue weighted by atomic mass is 10.1. The molecule has 3 aromatic rings. The highest BCUT2D eigenvalue weighted by Crippen LogP contribution is 2.44. The molecule has 0 fully saturated rings. The SMILES string of the molecule is COc1cc(/C=C2\C(=O)N(c3ccc(Br)cc3)N=C2C)c(Br)c(Br)c1OCc1ccccc1Cl. The van der Waals surface area contributed by atoms with E-state index in [2.05, 4.69) is 52.9 Å². The Morgan fingerprint density at radius 1 is 1.06 bits per heavy atom. The van der Waals surface area contributed by atoms with Crippen LogP contribution in [0.25, 0.3) is 6.08 Å². The number of anilines is 1. The van der Waals surface area contributed by atoms with Gasteiger partial charge in [0.15, 0.2) is 11.5 Å². The maximum absolute atomic E-state index is 13.2. The Bertz CT molecular complexity index is 1320. The van der Waals surface area contributed by atoms with Crippen LogP contribution in [0.4, 0.5) is 5.69 Å². The third-order valence-electron chi connectivity index (χ3n) is 5.14. The van der Waals surface area contributed by atoms with Crippen LogP contribution in [-0.4, -0.2) is 18.7 Å². The number of hydrogen-bond acceptors (Lipinski definition) is 4. The molecule has 0 spiro atoms. The fourth-order valence-electron chi connectivity index (χ4n) is 3.36. The summed E-state index contributed by atoms with van der Waals surface area (Å²) in [5.41, 5.74) is 3.40. The average Bonchev–Trinajstić information content (AvgIpc) is 3.11. The van der Waals surface area contributed by atoms with Crippen LogP contribution in [-0.2, 0) is 11.4 Å². The van der Waals surface area contributed by atoms with Gasteiger partial charge in [0.25, 0.3) is 5.91 Å². The van der Waals surface area contributed by atoms with Crippen molar-refractivity contribution in [2.75, 3.05) is 12.1 Å². The van der Waals surface area contributed by atoms with Gasteiger partial charge in [-0.05, 0) is 86.8 Å². The van der Waals surface area contributed by atoms with Crippen molar-refractivity contribution in [2.45, 2.75) is 13.5 Å². The fraction of sp³-hybridized carbons (Fsp3) is 0.120. The van der Waals surface area contributed by atoms with Crippen LogP contribution in [0.1, 0.15) is 18.1 Å². The molecule has 5 nitrogen and oxygen atoms in total.